The number of carbonyl (C=O) groups is 5. The van der Waals surface area contributed by atoms with Crippen LogP contribution in [0.3, 0.4) is 0 Å². The largest absolute Gasteiger partial charge is 0.481 e. The molecule has 0 saturated heterocycles. The molecule has 0 bridgehead atoms. The summed E-state index contributed by atoms with van der Waals surface area (Å²) >= 11 is 0. The molecule has 118 valence electrons. The number of carbonyl (C=O) groups excluding carboxylic acids is 3. The van der Waals surface area contributed by atoms with Gasteiger partial charge >= 0.3 is 23.9 Å². The number of ether oxygens (including phenoxy) is 2. The first-order chi connectivity index (χ1) is 9.61. The van der Waals surface area contributed by atoms with Crippen molar-refractivity contribution in [1.29, 1.82) is 0 Å². The number of esters is 2. The molecule has 9 heteroatoms. The molecule has 2 unspecified atom stereocenters. The number of ketones is 1. The molecule has 0 aromatic carbocycles. The SMILES string of the molecule is CC(CC(=O)O)OC(=O)CC(=O)C(=O)OC(C)CC(=O)O. The number of aliphatic carboxylic acids is 2. The molecule has 0 amide bonds. The van der Waals surface area contributed by atoms with Crippen LogP contribution < -0.4 is 0 Å². The highest BCUT2D eigenvalue weighted by molar-refractivity contribution is 6.36. The fourth-order valence-electron chi connectivity index (χ4n) is 1.29. The molecule has 0 saturated carbocycles. The average molecular weight is 304 g/mol. The zero-order chi connectivity index (χ0) is 16.6. The maximum Gasteiger partial charge on any atom is 0.375 e. The van der Waals surface area contributed by atoms with E-state index in [1.54, 1.807) is 0 Å². The van der Waals surface area contributed by atoms with E-state index in [0.717, 1.165) is 0 Å². The van der Waals surface area contributed by atoms with E-state index in [4.69, 9.17) is 10.2 Å². The smallest absolute Gasteiger partial charge is 0.375 e. The molecule has 0 fully saturated rings. The number of carboxylic acids is 2. The maximum atomic E-state index is 11.3. The van der Waals surface area contributed by atoms with Gasteiger partial charge in [0, 0.05) is 0 Å². The number of Topliss-reactive ketones (excluding diaryl/α,β-unsaturated/α-hetero) is 1. The van der Waals surface area contributed by atoms with E-state index in [-0.39, 0.29) is 0 Å². The predicted octanol–water partition coefficient (Wildman–Crippen LogP) is -0.242. The molecule has 9 nitrogen and oxygen atoms in total. The van der Waals surface area contributed by atoms with E-state index in [1.165, 1.54) is 13.8 Å². The lowest BCUT2D eigenvalue weighted by Crippen LogP contribution is -2.28. The lowest BCUT2D eigenvalue weighted by molar-refractivity contribution is -0.163. The Bertz CT molecular complexity index is 440. The highest BCUT2D eigenvalue weighted by atomic mass is 16.6. The molecule has 0 aliphatic heterocycles. The lowest BCUT2D eigenvalue weighted by atomic mass is 10.2. The zero-order valence-electron chi connectivity index (χ0n) is 11.5. The molecule has 2 N–H and O–H groups in total. The van der Waals surface area contributed by atoms with Crippen LogP contribution in [0.2, 0.25) is 0 Å². The normalized spacial score (nSPS) is 12.9. The number of hydrogen-bond acceptors (Lipinski definition) is 7. The third kappa shape index (κ3) is 9.14. The fraction of sp³-hybridized carbons (Fsp3) is 0.583. The summed E-state index contributed by atoms with van der Waals surface area (Å²) in [6.07, 6.45) is -3.76. The summed E-state index contributed by atoms with van der Waals surface area (Å²) in [5, 5.41) is 16.9. The van der Waals surface area contributed by atoms with Crippen LogP contribution >= 0.6 is 0 Å². The summed E-state index contributed by atoms with van der Waals surface area (Å²) in [5.74, 6) is -5.98. The molecule has 0 aliphatic carbocycles. The quantitative estimate of drug-likeness (QED) is 0.335. The lowest BCUT2D eigenvalue weighted by Gasteiger charge is -2.12. The topological polar surface area (TPSA) is 144 Å². The Hall–Kier alpha value is -2.45. The number of rotatable bonds is 9. The first kappa shape index (κ1) is 18.6. The van der Waals surface area contributed by atoms with Gasteiger partial charge in [-0.05, 0) is 13.8 Å². The van der Waals surface area contributed by atoms with E-state index in [1.807, 2.05) is 0 Å². The van der Waals surface area contributed by atoms with Gasteiger partial charge in [0.1, 0.15) is 18.6 Å². The van der Waals surface area contributed by atoms with Crippen molar-refractivity contribution in [3.05, 3.63) is 0 Å². The minimum absolute atomic E-state index is 0.431. The van der Waals surface area contributed by atoms with Gasteiger partial charge in [-0.25, -0.2) is 4.79 Å². The van der Waals surface area contributed by atoms with Crippen LogP contribution in [0.15, 0.2) is 0 Å². The van der Waals surface area contributed by atoms with Crippen molar-refractivity contribution in [3.8, 4) is 0 Å². The second kappa shape index (κ2) is 8.67. The van der Waals surface area contributed by atoms with Crippen LogP contribution in [0, 0.1) is 0 Å². The summed E-state index contributed by atoms with van der Waals surface area (Å²) < 4.78 is 9.13. The Balaban J connectivity index is 4.22. The minimum atomic E-state index is -1.34. The molecule has 0 aliphatic rings. The average Bonchev–Trinajstić information content (AvgIpc) is 2.25. The molecule has 0 spiro atoms. The third-order valence-electron chi connectivity index (χ3n) is 2.10. The van der Waals surface area contributed by atoms with E-state index in [9.17, 15) is 24.0 Å². The zero-order valence-corrected chi connectivity index (χ0v) is 11.5. The van der Waals surface area contributed by atoms with Crippen molar-refractivity contribution in [2.45, 2.75) is 45.3 Å². The van der Waals surface area contributed by atoms with E-state index in [0.29, 0.717) is 0 Å². The van der Waals surface area contributed by atoms with E-state index in [2.05, 4.69) is 9.47 Å². The molecule has 21 heavy (non-hydrogen) atoms. The van der Waals surface area contributed by atoms with Gasteiger partial charge in [-0.3, -0.25) is 19.2 Å². The predicted molar refractivity (Wildman–Crippen MR) is 65.2 cm³/mol. The van der Waals surface area contributed by atoms with Gasteiger partial charge in [-0.15, -0.1) is 0 Å². The van der Waals surface area contributed by atoms with Gasteiger partial charge in [-0.1, -0.05) is 0 Å². The van der Waals surface area contributed by atoms with Crippen LogP contribution in [0.5, 0.6) is 0 Å². The van der Waals surface area contributed by atoms with Gasteiger partial charge in [0.2, 0.25) is 0 Å². The highest BCUT2D eigenvalue weighted by Gasteiger charge is 2.24. The summed E-state index contributed by atoms with van der Waals surface area (Å²) in [5.41, 5.74) is 0. The molecule has 0 heterocycles. The first-order valence-electron chi connectivity index (χ1n) is 5.98. The van der Waals surface area contributed by atoms with E-state index < -0.39 is 61.1 Å². The molecular weight excluding hydrogens is 288 g/mol. The third-order valence-corrected chi connectivity index (χ3v) is 2.10. The molecular formula is C12H16O9. The second-order valence-corrected chi connectivity index (χ2v) is 4.31. The van der Waals surface area contributed by atoms with Crippen molar-refractivity contribution in [3.63, 3.8) is 0 Å². The maximum absolute atomic E-state index is 11.3. The standard InChI is InChI=1S/C12H16O9/c1-6(3-9(14)15)20-11(18)5-8(13)12(19)21-7(2)4-10(16)17/h6-7H,3-5H2,1-2H3,(H,14,15)(H,16,17). The first-order valence-corrected chi connectivity index (χ1v) is 5.98. The van der Waals surface area contributed by atoms with Gasteiger partial charge < -0.3 is 19.7 Å². The van der Waals surface area contributed by atoms with Gasteiger partial charge in [-0.2, -0.15) is 0 Å². The summed E-state index contributed by atoms with van der Waals surface area (Å²) in [6.45, 7) is 2.61. The molecule has 0 radical (unpaired) electrons. The van der Waals surface area contributed by atoms with Crippen LogP contribution in [-0.2, 0) is 33.4 Å². The Labute approximate surface area is 119 Å². The molecule has 0 aromatic rings. The van der Waals surface area contributed by atoms with Crippen LogP contribution in [0.4, 0.5) is 0 Å². The summed E-state index contributed by atoms with van der Waals surface area (Å²) in [6, 6.07) is 0. The fourth-order valence-corrected chi connectivity index (χ4v) is 1.29. The molecule has 2 atom stereocenters. The van der Waals surface area contributed by atoms with Gasteiger partial charge in [0.15, 0.2) is 0 Å². The van der Waals surface area contributed by atoms with Crippen molar-refractivity contribution in [1.82, 2.24) is 0 Å². The van der Waals surface area contributed by atoms with Crippen LogP contribution in [0.1, 0.15) is 33.1 Å². The Morgan fingerprint density at radius 2 is 1.29 bits per heavy atom. The summed E-state index contributed by atoms with van der Waals surface area (Å²) in [4.78, 5) is 54.6. The van der Waals surface area contributed by atoms with Crippen molar-refractivity contribution in [2.24, 2.45) is 0 Å². The number of hydrogen-bond donors (Lipinski definition) is 2. The van der Waals surface area contributed by atoms with Crippen LogP contribution in [-0.4, -0.2) is 52.1 Å². The van der Waals surface area contributed by atoms with Crippen molar-refractivity contribution < 1.29 is 43.7 Å². The molecule has 0 rings (SSSR count). The van der Waals surface area contributed by atoms with Crippen molar-refractivity contribution in [2.75, 3.05) is 0 Å². The van der Waals surface area contributed by atoms with Gasteiger partial charge in [0.25, 0.3) is 5.78 Å². The van der Waals surface area contributed by atoms with E-state index >= 15 is 0 Å². The Kier molecular flexibility index (Phi) is 7.66. The Morgan fingerprint density at radius 3 is 1.71 bits per heavy atom. The molecule has 0 aromatic heterocycles. The monoisotopic (exact) mass is 304 g/mol. The van der Waals surface area contributed by atoms with Gasteiger partial charge in [0.05, 0.1) is 12.8 Å². The Morgan fingerprint density at radius 1 is 0.857 bits per heavy atom. The van der Waals surface area contributed by atoms with Crippen molar-refractivity contribution >= 4 is 29.7 Å². The highest BCUT2D eigenvalue weighted by Crippen LogP contribution is 2.03. The number of carboxylic acid groups (broad SMARTS) is 2. The minimum Gasteiger partial charge on any atom is -0.481 e. The van der Waals surface area contributed by atoms with Crippen LogP contribution in [0.25, 0.3) is 0 Å². The summed E-state index contributed by atoms with van der Waals surface area (Å²) in [7, 11) is 0. The second-order valence-electron chi connectivity index (χ2n) is 4.31.